The van der Waals surface area contributed by atoms with Gasteiger partial charge in [0.05, 0.1) is 5.52 Å². The number of rotatable bonds is 2. The van der Waals surface area contributed by atoms with Crippen molar-refractivity contribution < 1.29 is 5.21 Å². The molecule has 0 aliphatic carbocycles. The van der Waals surface area contributed by atoms with E-state index in [1.165, 1.54) is 22.5 Å². The predicted octanol–water partition coefficient (Wildman–Crippen LogP) is 2.31. The van der Waals surface area contributed by atoms with Crippen molar-refractivity contribution in [3.05, 3.63) is 64.6 Å². The first-order chi connectivity index (χ1) is 13.2. The molecule has 5 rings (SSSR count). The van der Waals surface area contributed by atoms with Gasteiger partial charge in [0.1, 0.15) is 5.56 Å². The van der Waals surface area contributed by atoms with Crippen LogP contribution in [0.15, 0.2) is 58.4 Å². The fourth-order valence-corrected chi connectivity index (χ4v) is 3.77. The van der Waals surface area contributed by atoms with Crippen LogP contribution in [0.25, 0.3) is 22.4 Å². The zero-order valence-electron chi connectivity index (χ0n) is 14.2. The Labute approximate surface area is 157 Å². The number of anilines is 1. The monoisotopic (exact) mass is 378 g/mol. The van der Waals surface area contributed by atoms with E-state index in [2.05, 4.69) is 15.0 Å². The summed E-state index contributed by atoms with van der Waals surface area (Å²) in [5, 5.41) is 12.2. The lowest BCUT2D eigenvalue weighted by Gasteiger charge is -2.26. The van der Waals surface area contributed by atoms with E-state index >= 15 is 0 Å². The molecule has 3 aromatic heterocycles. The second-order valence-corrected chi connectivity index (χ2v) is 6.88. The summed E-state index contributed by atoms with van der Waals surface area (Å²) >= 11 is 1.35. The quantitative estimate of drug-likeness (QED) is 0.576. The predicted molar refractivity (Wildman–Crippen MR) is 105 cm³/mol. The lowest BCUT2D eigenvalue weighted by molar-refractivity contribution is 0.243. The van der Waals surface area contributed by atoms with Crippen molar-refractivity contribution in [3.63, 3.8) is 0 Å². The number of hydrogen-bond donors (Lipinski definition) is 1. The first kappa shape index (κ1) is 16.0. The van der Waals surface area contributed by atoms with Gasteiger partial charge in [-0.3, -0.25) is 15.0 Å². The van der Waals surface area contributed by atoms with Crippen LogP contribution in [-0.4, -0.2) is 42.3 Å². The Morgan fingerprint density at radius 1 is 1.15 bits per heavy atom. The SMILES string of the molecule is CSC1N=Cc2c(nc3c4ccccc4n(-c4ccccn4)n3c2=O)N1O. The van der Waals surface area contributed by atoms with Crippen LogP contribution >= 0.6 is 11.8 Å². The lowest BCUT2D eigenvalue weighted by atomic mass is 10.2. The fraction of sp³-hybridized carbons (Fsp3) is 0.111. The third-order valence-corrected chi connectivity index (χ3v) is 5.23. The summed E-state index contributed by atoms with van der Waals surface area (Å²) in [4.78, 5) is 26.6. The number of aromatic nitrogens is 4. The topological polar surface area (TPSA) is 88.0 Å². The molecule has 4 aromatic rings. The molecule has 8 nitrogen and oxygen atoms in total. The zero-order chi connectivity index (χ0) is 18.5. The lowest BCUT2D eigenvalue weighted by Crippen LogP contribution is -2.37. The minimum atomic E-state index is -0.531. The van der Waals surface area contributed by atoms with Crippen molar-refractivity contribution in [1.29, 1.82) is 0 Å². The summed E-state index contributed by atoms with van der Waals surface area (Å²) < 4.78 is 3.21. The average molecular weight is 378 g/mol. The molecule has 0 amide bonds. The van der Waals surface area contributed by atoms with Gasteiger partial charge in [-0.2, -0.15) is 4.52 Å². The Balaban J connectivity index is 1.95. The van der Waals surface area contributed by atoms with E-state index in [1.54, 1.807) is 10.9 Å². The molecule has 134 valence electrons. The molecule has 4 heterocycles. The number of thioether (sulfide) groups is 1. The van der Waals surface area contributed by atoms with E-state index in [0.717, 1.165) is 16.0 Å². The van der Waals surface area contributed by atoms with Gasteiger partial charge >= 0.3 is 0 Å². The fourth-order valence-electron chi connectivity index (χ4n) is 3.29. The van der Waals surface area contributed by atoms with Crippen LogP contribution in [0, 0.1) is 0 Å². The summed E-state index contributed by atoms with van der Waals surface area (Å²) in [6.07, 6.45) is 4.98. The Morgan fingerprint density at radius 2 is 1.96 bits per heavy atom. The summed E-state index contributed by atoms with van der Waals surface area (Å²) in [5.74, 6) is 0.807. The molecular weight excluding hydrogens is 364 g/mol. The van der Waals surface area contributed by atoms with E-state index in [1.807, 2.05) is 48.7 Å². The molecule has 1 aliphatic rings. The van der Waals surface area contributed by atoms with Gasteiger partial charge in [-0.25, -0.2) is 19.7 Å². The zero-order valence-corrected chi connectivity index (χ0v) is 15.0. The molecule has 0 bridgehead atoms. The number of nitrogens with zero attached hydrogens (tertiary/aromatic N) is 6. The van der Waals surface area contributed by atoms with Crippen molar-refractivity contribution in [2.75, 3.05) is 11.3 Å². The molecule has 0 saturated carbocycles. The highest BCUT2D eigenvalue weighted by atomic mass is 32.2. The van der Waals surface area contributed by atoms with Crippen molar-refractivity contribution >= 4 is 40.3 Å². The summed E-state index contributed by atoms with van der Waals surface area (Å²) in [6, 6.07) is 13.1. The van der Waals surface area contributed by atoms with Gasteiger partial charge in [0.25, 0.3) is 5.56 Å². The number of pyridine rings is 1. The third-order valence-electron chi connectivity index (χ3n) is 4.48. The van der Waals surface area contributed by atoms with Crippen molar-refractivity contribution in [3.8, 4) is 5.82 Å². The van der Waals surface area contributed by atoms with Gasteiger partial charge in [0.2, 0.25) is 0 Å². The van der Waals surface area contributed by atoms with Crippen LogP contribution in [0.2, 0.25) is 0 Å². The number of benzene rings is 1. The largest absolute Gasteiger partial charge is 0.284 e. The number of para-hydroxylation sites is 1. The third kappa shape index (κ3) is 2.22. The number of fused-ring (bicyclic) bond motifs is 4. The average Bonchev–Trinajstić information content (AvgIpc) is 3.04. The number of hydrogen-bond acceptors (Lipinski definition) is 7. The van der Waals surface area contributed by atoms with Gasteiger partial charge in [0, 0.05) is 17.8 Å². The van der Waals surface area contributed by atoms with E-state index in [0.29, 0.717) is 11.5 Å². The van der Waals surface area contributed by atoms with Crippen molar-refractivity contribution in [2.45, 2.75) is 5.50 Å². The van der Waals surface area contributed by atoms with Crippen LogP contribution < -0.4 is 10.6 Å². The molecular formula is C18H14N6O2S. The summed E-state index contributed by atoms with van der Waals surface area (Å²) in [6.45, 7) is 0. The number of aliphatic imine (C=N–C) groups is 1. The normalized spacial score (nSPS) is 16.2. The molecule has 27 heavy (non-hydrogen) atoms. The van der Waals surface area contributed by atoms with Crippen LogP contribution in [0.3, 0.4) is 0 Å². The highest BCUT2D eigenvalue weighted by Gasteiger charge is 2.28. The molecule has 0 radical (unpaired) electrons. The highest BCUT2D eigenvalue weighted by molar-refractivity contribution is 7.99. The number of hydroxylamine groups is 1. The van der Waals surface area contributed by atoms with Crippen LogP contribution in [0.5, 0.6) is 0 Å². The molecule has 0 saturated heterocycles. The van der Waals surface area contributed by atoms with Gasteiger partial charge < -0.3 is 0 Å². The Morgan fingerprint density at radius 3 is 2.74 bits per heavy atom. The van der Waals surface area contributed by atoms with Crippen LogP contribution in [0.4, 0.5) is 5.82 Å². The van der Waals surface area contributed by atoms with E-state index in [4.69, 9.17) is 0 Å². The van der Waals surface area contributed by atoms with E-state index in [-0.39, 0.29) is 16.9 Å². The molecule has 1 aliphatic heterocycles. The maximum absolute atomic E-state index is 13.3. The van der Waals surface area contributed by atoms with E-state index < -0.39 is 5.50 Å². The molecule has 1 N–H and O–H groups in total. The van der Waals surface area contributed by atoms with Crippen LogP contribution in [0.1, 0.15) is 5.56 Å². The van der Waals surface area contributed by atoms with Gasteiger partial charge in [-0.05, 0) is 30.5 Å². The molecule has 9 heteroatoms. The van der Waals surface area contributed by atoms with Crippen molar-refractivity contribution in [2.24, 2.45) is 4.99 Å². The second kappa shape index (κ2) is 5.93. The molecule has 0 fully saturated rings. The first-order valence-corrected chi connectivity index (χ1v) is 9.51. The summed E-state index contributed by atoms with van der Waals surface area (Å²) in [5.41, 5.74) is 0.635. The summed E-state index contributed by atoms with van der Waals surface area (Å²) in [7, 11) is 0. The highest BCUT2D eigenvalue weighted by Crippen LogP contribution is 2.29. The maximum Gasteiger partial charge on any atom is 0.284 e. The standard InChI is InChI=1S/C18H14N6O2S/c1-27-18-20-10-12-16(24(18)26)21-15-11-6-2-3-7-13(11)22(23(15)17(12)25)14-8-4-5-9-19-14/h2-10,18,26H,1H3. The van der Waals surface area contributed by atoms with E-state index in [9.17, 15) is 10.0 Å². The molecule has 1 atom stereocenters. The van der Waals surface area contributed by atoms with Gasteiger partial charge in [0.15, 0.2) is 22.8 Å². The Hall–Kier alpha value is -3.17. The minimum absolute atomic E-state index is 0.207. The van der Waals surface area contributed by atoms with Gasteiger partial charge in [-0.15, -0.1) is 11.8 Å². The molecule has 1 aromatic carbocycles. The van der Waals surface area contributed by atoms with Crippen molar-refractivity contribution in [1.82, 2.24) is 19.2 Å². The maximum atomic E-state index is 13.3. The molecule has 0 spiro atoms. The van der Waals surface area contributed by atoms with Gasteiger partial charge in [-0.1, -0.05) is 18.2 Å². The van der Waals surface area contributed by atoms with Crippen LogP contribution in [-0.2, 0) is 0 Å². The smallest absolute Gasteiger partial charge is 0.284 e. The second-order valence-electron chi connectivity index (χ2n) is 5.99. The molecule has 1 unspecified atom stereocenters. The first-order valence-electron chi connectivity index (χ1n) is 8.22. The Kier molecular flexibility index (Phi) is 3.52. The Bertz CT molecular complexity index is 1260. The minimum Gasteiger partial charge on any atom is -0.284 e.